The predicted molar refractivity (Wildman–Crippen MR) is 119 cm³/mol. The molecule has 3 heterocycles. The Balaban J connectivity index is 0.000000555. The van der Waals surface area contributed by atoms with Gasteiger partial charge in [0.15, 0.2) is 11.5 Å². The third-order valence-electron chi connectivity index (χ3n) is 5.30. The summed E-state index contributed by atoms with van der Waals surface area (Å²) >= 11 is 0. The first kappa shape index (κ1) is 24.7. The average Bonchev–Trinajstić information content (AvgIpc) is 3.31. The standard InChI is InChI=1S/C19H25N5O4.H2O4S/c1-26-15-10-12-13(11-16(15)27-2)21-19(22-17(12)20)24-7-5-23(6-8-24)18(25)14-4-3-9-28-14;1-5(2,3)4/h10-11,14H,3-9H2,1-2H3,(H2,20,21,22);(H2,1,2,3,4). The van der Waals surface area contributed by atoms with E-state index in [1.807, 2.05) is 9.80 Å². The van der Waals surface area contributed by atoms with Crippen molar-refractivity contribution in [2.24, 2.45) is 0 Å². The number of benzene rings is 1. The Bertz CT molecular complexity index is 1090. The lowest BCUT2D eigenvalue weighted by molar-refractivity contribution is -0.141. The van der Waals surface area contributed by atoms with E-state index >= 15 is 0 Å². The largest absolute Gasteiger partial charge is 0.493 e. The van der Waals surface area contributed by atoms with Crippen molar-refractivity contribution in [3.63, 3.8) is 0 Å². The second kappa shape index (κ2) is 10.3. The van der Waals surface area contributed by atoms with E-state index in [1.54, 1.807) is 26.4 Å². The molecule has 2 fully saturated rings. The fourth-order valence-corrected chi connectivity index (χ4v) is 3.71. The van der Waals surface area contributed by atoms with Crippen LogP contribution in [0.3, 0.4) is 0 Å². The third kappa shape index (κ3) is 6.31. The highest BCUT2D eigenvalue weighted by atomic mass is 32.3. The van der Waals surface area contributed by atoms with E-state index in [2.05, 4.69) is 9.97 Å². The number of nitrogen functional groups attached to an aromatic ring is 1. The van der Waals surface area contributed by atoms with Crippen LogP contribution in [0.15, 0.2) is 12.1 Å². The second-order valence-corrected chi connectivity index (χ2v) is 8.29. The first-order valence-electron chi connectivity index (χ1n) is 10.1. The molecule has 1 unspecified atom stereocenters. The molecule has 14 heteroatoms. The highest BCUT2D eigenvalue weighted by molar-refractivity contribution is 7.79. The summed E-state index contributed by atoms with van der Waals surface area (Å²) < 4.78 is 47.8. The van der Waals surface area contributed by atoms with Crippen molar-refractivity contribution in [2.45, 2.75) is 18.9 Å². The second-order valence-electron chi connectivity index (χ2n) is 7.40. The van der Waals surface area contributed by atoms with Gasteiger partial charge in [0.05, 0.1) is 19.7 Å². The molecule has 4 N–H and O–H groups in total. The van der Waals surface area contributed by atoms with Crippen molar-refractivity contribution < 1.29 is 36.5 Å². The summed E-state index contributed by atoms with van der Waals surface area (Å²) in [6, 6.07) is 3.58. The molecule has 1 aromatic carbocycles. The Morgan fingerprint density at radius 3 is 2.27 bits per heavy atom. The summed E-state index contributed by atoms with van der Waals surface area (Å²) in [4.78, 5) is 25.6. The lowest BCUT2D eigenvalue weighted by atomic mass is 10.2. The fraction of sp³-hybridized carbons (Fsp3) is 0.526. The molecular weight excluding hydrogens is 458 g/mol. The molecule has 2 aliphatic rings. The van der Waals surface area contributed by atoms with Gasteiger partial charge < -0.3 is 29.7 Å². The smallest absolute Gasteiger partial charge is 0.394 e. The van der Waals surface area contributed by atoms with Crippen LogP contribution in [0.25, 0.3) is 10.9 Å². The fourth-order valence-electron chi connectivity index (χ4n) is 3.71. The Hall–Kier alpha value is -2.94. The molecule has 2 aromatic rings. The first-order valence-corrected chi connectivity index (χ1v) is 11.5. The lowest BCUT2D eigenvalue weighted by Crippen LogP contribution is -2.51. The number of carbonyl (C=O) groups is 1. The van der Waals surface area contributed by atoms with Crippen LogP contribution < -0.4 is 20.1 Å². The van der Waals surface area contributed by atoms with Crippen LogP contribution >= 0.6 is 0 Å². The summed E-state index contributed by atoms with van der Waals surface area (Å²) in [5, 5.41) is 0.716. The third-order valence-corrected chi connectivity index (χ3v) is 5.30. The molecular formula is C19H27N5O8S. The Kier molecular flexibility index (Phi) is 7.73. The monoisotopic (exact) mass is 485 g/mol. The van der Waals surface area contributed by atoms with Crippen molar-refractivity contribution in [2.75, 3.05) is 57.6 Å². The van der Waals surface area contributed by atoms with E-state index in [4.69, 9.17) is 37.5 Å². The van der Waals surface area contributed by atoms with Crippen LogP contribution in [-0.4, -0.2) is 91.4 Å². The van der Waals surface area contributed by atoms with E-state index in [0.29, 0.717) is 67.0 Å². The van der Waals surface area contributed by atoms with Crippen LogP contribution in [-0.2, 0) is 19.9 Å². The number of carbonyl (C=O) groups excluding carboxylic acids is 1. The number of amides is 1. The molecule has 0 spiro atoms. The zero-order chi connectivity index (χ0) is 24.2. The predicted octanol–water partition coefficient (Wildman–Crippen LogP) is 0.404. The Morgan fingerprint density at radius 2 is 1.73 bits per heavy atom. The van der Waals surface area contributed by atoms with Gasteiger partial charge in [0, 0.05) is 44.2 Å². The molecule has 1 amide bonds. The van der Waals surface area contributed by atoms with Gasteiger partial charge in [-0.05, 0) is 18.9 Å². The van der Waals surface area contributed by atoms with Crippen molar-refractivity contribution in [1.29, 1.82) is 0 Å². The van der Waals surface area contributed by atoms with E-state index in [0.717, 1.165) is 12.8 Å². The van der Waals surface area contributed by atoms with Crippen molar-refractivity contribution in [3.05, 3.63) is 12.1 Å². The zero-order valence-corrected chi connectivity index (χ0v) is 19.1. The highest BCUT2D eigenvalue weighted by Gasteiger charge is 2.31. The van der Waals surface area contributed by atoms with Gasteiger partial charge in [0.2, 0.25) is 5.95 Å². The normalized spacial score (nSPS) is 18.6. The maximum atomic E-state index is 12.5. The molecule has 13 nitrogen and oxygen atoms in total. The summed E-state index contributed by atoms with van der Waals surface area (Å²) in [7, 11) is -1.51. The number of hydrogen-bond donors (Lipinski definition) is 3. The number of nitrogens with zero attached hydrogens (tertiary/aromatic N) is 4. The topological polar surface area (TPSA) is 178 Å². The van der Waals surface area contributed by atoms with E-state index in [-0.39, 0.29) is 12.0 Å². The molecule has 2 saturated heterocycles. The number of ether oxygens (including phenoxy) is 3. The summed E-state index contributed by atoms with van der Waals surface area (Å²) in [5.74, 6) is 2.21. The van der Waals surface area contributed by atoms with Crippen LogP contribution in [0.4, 0.5) is 11.8 Å². The van der Waals surface area contributed by atoms with Crippen molar-refractivity contribution in [1.82, 2.24) is 14.9 Å². The molecule has 1 atom stereocenters. The molecule has 0 radical (unpaired) electrons. The quantitative estimate of drug-likeness (QED) is 0.509. The summed E-state index contributed by atoms with van der Waals surface area (Å²) in [6.45, 7) is 3.21. The van der Waals surface area contributed by atoms with Crippen molar-refractivity contribution in [3.8, 4) is 11.5 Å². The maximum Gasteiger partial charge on any atom is 0.394 e. The maximum absolute atomic E-state index is 12.5. The zero-order valence-electron chi connectivity index (χ0n) is 18.3. The lowest BCUT2D eigenvalue weighted by Gasteiger charge is -2.35. The number of methoxy groups -OCH3 is 2. The molecule has 0 bridgehead atoms. The number of fused-ring (bicyclic) bond motifs is 1. The Labute approximate surface area is 191 Å². The van der Waals surface area contributed by atoms with Gasteiger partial charge in [-0.2, -0.15) is 13.4 Å². The molecule has 33 heavy (non-hydrogen) atoms. The number of rotatable bonds is 4. The van der Waals surface area contributed by atoms with Crippen molar-refractivity contribution >= 4 is 39.0 Å². The number of anilines is 2. The van der Waals surface area contributed by atoms with Gasteiger partial charge in [0.1, 0.15) is 11.9 Å². The minimum Gasteiger partial charge on any atom is -0.493 e. The minimum absolute atomic E-state index is 0.0907. The first-order chi connectivity index (χ1) is 15.6. The molecule has 0 saturated carbocycles. The summed E-state index contributed by atoms with van der Waals surface area (Å²) in [5.41, 5.74) is 6.87. The molecule has 2 aliphatic heterocycles. The van der Waals surface area contributed by atoms with E-state index in [9.17, 15) is 4.79 Å². The van der Waals surface area contributed by atoms with Gasteiger partial charge in [-0.15, -0.1) is 0 Å². The average molecular weight is 486 g/mol. The highest BCUT2D eigenvalue weighted by Crippen LogP contribution is 2.34. The van der Waals surface area contributed by atoms with Gasteiger partial charge in [-0.1, -0.05) is 0 Å². The minimum atomic E-state index is -4.67. The van der Waals surface area contributed by atoms with Crippen LogP contribution in [0.2, 0.25) is 0 Å². The Morgan fingerprint density at radius 1 is 1.12 bits per heavy atom. The summed E-state index contributed by atoms with van der Waals surface area (Å²) in [6.07, 6.45) is 1.49. The number of hydrogen-bond acceptors (Lipinski definition) is 10. The van der Waals surface area contributed by atoms with Crippen LogP contribution in [0, 0.1) is 0 Å². The molecule has 0 aliphatic carbocycles. The van der Waals surface area contributed by atoms with Crippen LogP contribution in [0.1, 0.15) is 12.8 Å². The number of nitrogens with two attached hydrogens (primary N) is 1. The molecule has 1 aromatic heterocycles. The number of piperazine rings is 1. The molecule has 4 rings (SSSR count). The number of aromatic nitrogens is 2. The van der Waals surface area contributed by atoms with Gasteiger partial charge in [-0.25, -0.2) is 4.98 Å². The molecule has 182 valence electrons. The van der Waals surface area contributed by atoms with Gasteiger partial charge in [-0.3, -0.25) is 13.9 Å². The van der Waals surface area contributed by atoms with Crippen LogP contribution in [0.5, 0.6) is 11.5 Å². The SMILES string of the molecule is COc1cc2nc(N3CCN(C(=O)C4CCCO4)CC3)nc(N)c2cc1OC.O=S(=O)(O)O. The van der Waals surface area contributed by atoms with E-state index in [1.165, 1.54) is 0 Å². The van der Waals surface area contributed by atoms with E-state index < -0.39 is 10.4 Å². The van der Waals surface area contributed by atoms with Gasteiger partial charge in [0.25, 0.3) is 5.91 Å². The van der Waals surface area contributed by atoms with Gasteiger partial charge >= 0.3 is 10.4 Å².